The van der Waals surface area contributed by atoms with E-state index in [9.17, 15) is 9.59 Å². The van der Waals surface area contributed by atoms with Crippen molar-refractivity contribution in [2.75, 3.05) is 0 Å². The minimum atomic E-state index is -0.472. The SMILES string of the molecule is CC(C)(C)OC(=O)Cc1ccc2c(=O)[nH]sc2c1. The van der Waals surface area contributed by atoms with E-state index in [0.29, 0.717) is 5.39 Å². The van der Waals surface area contributed by atoms with Crippen LogP contribution in [-0.2, 0) is 16.0 Å². The van der Waals surface area contributed by atoms with Gasteiger partial charge in [0.2, 0.25) is 0 Å². The van der Waals surface area contributed by atoms with Crippen molar-refractivity contribution in [1.82, 2.24) is 4.37 Å². The van der Waals surface area contributed by atoms with Gasteiger partial charge in [-0.05, 0) is 38.5 Å². The van der Waals surface area contributed by atoms with Crippen molar-refractivity contribution in [3.8, 4) is 0 Å². The lowest BCUT2D eigenvalue weighted by Crippen LogP contribution is -2.24. The predicted octanol–water partition coefficient (Wildman–Crippen LogP) is 2.47. The first-order valence-corrected chi connectivity index (χ1v) is 6.49. The van der Waals surface area contributed by atoms with Crippen LogP contribution in [0.15, 0.2) is 23.0 Å². The van der Waals surface area contributed by atoms with E-state index in [4.69, 9.17) is 4.74 Å². The number of hydrogen-bond acceptors (Lipinski definition) is 4. The highest BCUT2D eigenvalue weighted by Crippen LogP contribution is 2.17. The van der Waals surface area contributed by atoms with Crippen LogP contribution >= 0.6 is 11.5 Å². The van der Waals surface area contributed by atoms with Crippen LogP contribution in [0.1, 0.15) is 26.3 Å². The maximum Gasteiger partial charge on any atom is 0.310 e. The Balaban J connectivity index is 2.17. The molecule has 0 unspecified atom stereocenters. The molecule has 1 aromatic heterocycles. The number of H-pyrrole nitrogens is 1. The molecule has 0 fully saturated rings. The zero-order valence-corrected chi connectivity index (χ0v) is 11.4. The van der Waals surface area contributed by atoms with Crippen LogP contribution < -0.4 is 5.56 Å². The number of benzene rings is 1. The second-order valence-electron chi connectivity index (χ2n) is 5.13. The Morgan fingerprint density at radius 3 is 2.78 bits per heavy atom. The summed E-state index contributed by atoms with van der Waals surface area (Å²) in [5, 5.41) is 0.660. The molecular weight excluding hydrogens is 250 g/mol. The first-order valence-electron chi connectivity index (χ1n) is 5.67. The van der Waals surface area contributed by atoms with Gasteiger partial charge in [0.15, 0.2) is 0 Å². The number of nitrogens with one attached hydrogen (secondary N) is 1. The largest absolute Gasteiger partial charge is 0.460 e. The number of aromatic amines is 1. The Kier molecular flexibility index (Phi) is 3.26. The molecular formula is C13H15NO3S. The van der Waals surface area contributed by atoms with Crippen LogP contribution in [-0.4, -0.2) is 15.9 Å². The summed E-state index contributed by atoms with van der Waals surface area (Å²) in [6.45, 7) is 5.52. The van der Waals surface area contributed by atoms with Gasteiger partial charge in [-0.3, -0.25) is 14.0 Å². The molecule has 0 aliphatic heterocycles. The summed E-state index contributed by atoms with van der Waals surface area (Å²) in [7, 11) is 0. The van der Waals surface area contributed by atoms with Gasteiger partial charge in [-0.1, -0.05) is 17.6 Å². The molecule has 18 heavy (non-hydrogen) atoms. The predicted molar refractivity (Wildman–Crippen MR) is 72.0 cm³/mol. The molecule has 0 aliphatic rings. The molecule has 0 atom stereocenters. The lowest BCUT2D eigenvalue weighted by atomic mass is 10.1. The van der Waals surface area contributed by atoms with Gasteiger partial charge in [0.1, 0.15) is 5.60 Å². The quantitative estimate of drug-likeness (QED) is 0.849. The maximum atomic E-state index is 11.7. The van der Waals surface area contributed by atoms with E-state index in [0.717, 1.165) is 10.3 Å². The van der Waals surface area contributed by atoms with Crippen LogP contribution in [0.2, 0.25) is 0 Å². The molecule has 0 radical (unpaired) electrons. The van der Waals surface area contributed by atoms with Gasteiger partial charge in [-0.25, -0.2) is 0 Å². The normalized spacial score (nSPS) is 11.7. The molecule has 2 aromatic rings. The molecule has 1 aromatic carbocycles. The Morgan fingerprint density at radius 1 is 1.39 bits per heavy atom. The number of aromatic nitrogens is 1. The molecule has 0 saturated carbocycles. The fraction of sp³-hybridized carbons (Fsp3) is 0.385. The standard InChI is InChI=1S/C13H15NO3S/c1-13(2,3)17-11(15)7-8-4-5-9-10(6-8)18-14-12(9)16/h4-6H,7H2,1-3H3,(H,14,16). The number of rotatable bonds is 2. The second kappa shape index (κ2) is 4.57. The van der Waals surface area contributed by atoms with E-state index >= 15 is 0 Å². The van der Waals surface area contributed by atoms with E-state index in [1.165, 1.54) is 11.5 Å². The van der Waals surface area contributed by atoms with E-state index in [2.05, 4.69) is 4.37 Å². The number of carbonyl (C=O) groups excluding carboxylic acids is 1. The third-order valence-corrected chi connectivity index (χ3v) is 3.16. The fourth-order valence-corrected chi connectivity index (χ4v) is 2.44. The summed E-state index contributed by atoms with van der Waals surface area (Å²) in [6.07, 6.45) is 0.222. The number of ether oxygens (including phenoxy) is 1. The highest BCUT2D eigenvalue weighted by Gasteiger charge is 2.16. The summed E-state index contributed by atoms with van der Waals surface area (Å²) in [4.78, 5) is 23.0. The lowest BCUT2D eigenvalue weighted by Gasteiger charge is -2.19. The van der Waals surface area contributed by atoms with Gasteiger partial charge in [0.05, 0.1) is 16.5 Å². The highest BCUT2D eigenvalue weighted by molar-refractivity contribution is 7.13. The van der Waals surface area contributed by atoms with Crippen molar-refractivity contribution in [3.05, 3.63) is 34.1 Å². The zero-order chi connectivity index (χ0) is 13.3. The molecule has 5 heteroatoms. The minimum Gasteiger partial charge on any atom is -0.460 e. The summed E-state index contributed by atoms with van der Waals surface area (Å²) < 4.78 is 8.78. The highest BCUT2D eigenvalue weighted by atomic mass is 32.1. The van der Waals surface area contributed by atoms with E-state index in [-0.39, 0.29) is 17.9 Å². The van der Waals surface area contributed by atoms with Gasteiger partial charge < -0.3 is 4.74 Å². The van der Waals surface area contributed by atoms with Crippen LogP contribution in [0.25, 0.3) is 10.1 Å². The molecule has 0 amide bonds. The Bertz CT molecular complexity index is 633. The molecule has 96 valence electrons. The van der Waals surface area contributed by atoms with Gasteiger partial charge in [-0.15, -0.1) is 0 Å². The average Bonchev–Trinajstić information content (AvgIpc) is 2.57. The van der Waals surface area contributed by atoms with Gasteiger partial charge >= 0.3 is 5.97 Å². The second-order valence-corrected chi connectivity index (χ2v) is 5.98. The maximum absolute atomic E-state index is 11.7. The van der Waals surface area contributed by atoms with Crippen molar-refractivity contribution in [2.45, 2.75) is 32.8 Å². The Morgan fingerprint density at radius 2 is 2.11 bits per heavy atom. The first kappa shape index (κ1) is 12.8. The van der Waals surface area contributed by atoms with Crippen LogP contribution in [0.3, 0.4) is 0 Å². The summed E-state index contributed by atoms with van der Waals surface area (Å²) in [6, 6.07) is 5.38. The molecule has 0 bridgehead atoms. The number of carbonyl (C=O) groups is 1. The van der Waals surface area contributed by atoms with Gasteiger partial charge in [-0.2, -0.15) is 0 Å². The fourth-order valence-electron chi connectivity index (χ4n) is 1.65. The Labute approximate surface area is 109 Å². The van der Waals surface area contributed by atoms with Gasteiger partial charge in [0, 0.05) is 0 Å². The summed E-state index contributed by atoms with van der Waals surface area (Å²) in [5.41, 5.74) is 0.297. The monoisotopic (exact) mass is 265 g/mol. The Hall–Kier alpha value is -1.62. The van der Waals surface area contributed by atoms with Crippen molar-refractivity contribution >= 4 is 27.6 Å². The number of fused-ring (bicyclic) bond motifs is 1. The van der Waals surface area contributed by atoms with E-state index in [1.807, 2.05) is 26.8 Å². The molecule has 2 rings (SSSR count). The average molecular weight is 265 g/mol. The third-order valence-electron chi connectivity index (χ3n) is 2.31. The number of esters is 1. The molecule has 0 spiro atoms. The van der Waals surface area contributed by atoms with E-state index in [1.54, 1.807) is 12.1 Å². The van der Waals surface area contributed by atoms with Crippen LogP contribution in [0.5, 0.6) is 0 Å². The molecule has 0 saturated heterocycles. The van der Waals surface area contributed by atoms with Crippen molar-refractivity contribution in [3.63, 3.8) is 0 Å². The van der Waals surface area contributed by atoms with Crippen molar-refractivity contribution < 1.29 is 9.53 Å². The van der Waals surface area contributed by atoms with E-state index < -0.39 is 5.60 Å². The third kappa shape index (κ3) is 2.98. The van der Waals surface area contributed by atoms with Gasteiger partial charge in [0.25, 0.3) is 5.56 Å². The molecule has 0 aliphatic carbocycles. The summed E-state index contributed by atoms with van der Waals surface area (Å²) in [5.74, 6) is -0.260. The van der Waals surface area contributed by atoms with Crippen molar-refractivity contribution in [1.29, 1.82) is 0 Å². The first-order chi connectivity index (χ1) is 8.35. The minimum absolute atomic E-state index is 0.0844. The molecule has 1 heterocycles. The molecule has 1 N–H and O–H groups in total. The molecule has 4 nitrogen and oxygen atoms in total. The topological polar surface area (TPSA) is 59.2 Å². The van der Waals surface area contributed by atoms with Crippen molar-refractivity contribution in [2.24, 2.45) is 0 Å². The smallest absolute Gasteiger partial charge is 0.310 e. The number of hydrogen-bond donors (Lipinski definition) is 1. The zero-order valence-electron chi connectivity index (χ0n) is 10.6. The van der Waals surface area contributed by atoms with Crippen LogP contribution in [0.4, 0.5) is 0 Å². The lowest BCUT2D eigenvalue weighted by molar-refractivity contribution is -0.153. The summed E-state index contributed by atoms with van der Waals surface area (Å²) >= 11 is 1.28. The van der Waals surface area contributed by atoms with Crippen LogP contribution in [0, 0.1) is 0 Å².